The maximum Gasteiger partial charge on any atom is 0.161 e. The Balaban J connectivity index is 3.93. The van der Waals surface area contributed by atoms with Gasteiger partial charge in [-0.2, -0.15) is 0 Å². The van der Waals surface area contributed by atoms with Gasteiger partial charge in [0.15, 0.2) is 5.78 Å². The lowest BCUT2D eigenvalue weighted by Gasteiger charge is -2.09. The summed E-state index contributed by atoms with van der Waals surface area (Å²) in [5.41, 5.74) is 0. The summed E-state index contributed by atoms with van der Waals surface area (Å²) in [5, 5.41) is 9.01. The maximum absolute atomic E-state index is 10.7. The third-order valence-corrected chi connectivity index (χ3v) is 1.39. The zero-order chi connectivity index (χ0) is 8.15. The largest absolute Gasteiger partial charge is 0.385 e. The Bertz CT molecular complexity index is 131. The summed E-state index contributed by atoms with van der Waals surface area (Å²) in [4.78, 5) is 20.8. The van der Waals surface area contributed by atoms with Crippen LogP contribution in [0.3, 0.4) is 0 Å². The van der Waals surface area contributed by atoms with Gasteiger partial charge in [0, 0.05) is 12.3 Å². The Morgan fingerprint density at radius 1 is 1.70 bits per heavy atom. The second-order valence-electron chi connectivity index (χ2n) is 2.26. The first-order chi connectivity index (χ1) is 4.63. The van der Waals surface area contributed by atoms with Crippen LogP contribution in [0.5, 0.6) is 0 Å². The predicted octanol–water partition coefficient (Wildman–Crippen LogP) is 0.161. The summed E-state index contributed by atoms with van der Waals surface area (Å²) in [6.07, 6.45) is -0.250. The van der Waals surface area contributed by atoms with E-state index in [2.05, 4.69) is 0 Å². The normalized spacial score (nSPS) is 15.9. The summed E-state index contributed by atoms with van der Waals surface area (Å²) < 4.78 is 0. The number of Topliss-reactive ketones (excluding diaryl/α,β-unsaturated/α-hetero) is 1. The van der Waals surface area contributed by atoms with Crippen LogP contribution in [0.4, 0.5) is 0 Å². The van der Waals surface area contributed by atoms with Gasteiger partial charge in [-0.3, -0.25) is 4.79 Å². The van der Waals surface area contributed by atoms with Gasteiger partial charge in [-0.1, -0.05) is 13.8 Å². The van der Waals surface area contributed by atoms with Crippen molar-refractivity contribution in [3.05, 3.63) is 0 Å². The van der Waals surface area contributed by atoms with E-state index in [-0.39, 0.29) is 12.2 Å². The molecule has 0 fully saturated rings. The van der Waals surface area contributed by atoms with Gasteiger partial charge in [0.2, 0.25) is 0 Å². The first kappa shape index (κ1) is 9.30. The van der Waals surface area contributed by atoms with Crippen LogP contribution in [0.15, 0.2) is 0 Å². The van der Waals surface area contributed by atoms with E-state index in [1.807, 2.05) is 0 Å². The first-order valence-electron chi connectivity index (χ1n) is 3.29. The Morgan fingerprint density at radius 3 is 2.50 bits per heavy atom. The van der Waals surface area contributed by atoms with Gasteiger partial charge < -0.3 is 9.90 Å². The number of carbonyl (C=O) groups is 2. The van der Waals surface area contributed by atoms with Gasteiger partial charge >= 0.3 is 0 Å². The lowest BCUT2D eigenvalue weighted by molar-refractivity contribution is -0.132. The van der Waals surface area contributed by atoms with Crippen molar-refractivity contribution in [3.8, 4) is 0 Å². The summed E-state index contributed by atoms with van der Waals surface area (Å²) in [5.74, 6) is -0.855. The minimum Gasteiger partial charge on any atom is -0.385 e. The molecule has 3 heteroatoms. The molecule has 0 saturated carbocycles. The maximum atomic E-state index is 10.7. The van der Waals surface area contributed by atoms with Crippen molar-refractivity contribution in [1.29, 1.82) is 0 Å². The molecule has 0 radical (unpaired) electrons. The third-order valence-electron chi connectivity index (χ3n) is 1.39. The van der Waals surface area contributed by atoms with Gasteiger partial charge in [0.05, 0.1) is 0 Å². The Morgan fingerprint density at radius 2 is 2.20 bits per heavy atom. The van der Waals surface area contributed by atoms with Crippen LogP contribution in [0, 0.1) is 5.92 Å². The van der Waals surface area contributed by atoms with Gasteiger partial charge in [0.25, 0.3) is 0 Å². The van der Waals surface area contributed by atoms with E-state index in [1.54, 1.807) is 6.92 Å². The molecular formula is C7H12O3. The van der Waals surface area contributed by atoms with Gasteiger partial charge in [-0.05, 0) is 0 Å². The quantitative estimate of drug-likeness (QED) is 0.572. The average Bonchev–Trinajstić information content (AvgIpc) is 2.00. The van der Waals surface area contributed by atoms with Crippen molar-refractivity contribution in [1.82, 2.24) is 0 Å². The molecule has 58 valence electrons. The van der Waals surface area contributed by atoms with Crippen LogP contribution >= 0.6 is 0 Å². The number of hydrogen-bond acceptors (Lipinski definition) is 3. The Kier molecular flexibility index (Phi) is 3.88. The van der Waals surface area contributed by atoms with E-state index in [9.17, 15) is 9.59 Å². The second kappa shape index (κ2) is 4.17. The van der Waals surface area contributed by atoms with Crippen LogP contribution in [-0.2, 0) is 9.59 Å². The molecule has 1 N–H and O–H groups in total. The lowest BCUT2D eigenvalue weighted by Crippen LogP contribution is -2.27. The SMILES string of the molecule is CCC(=O)C(O)C(C)C=O. The van der Waals surface area contributed by atoms with Crippen molar-refractivity contribution in [2.75, 3.05) is 0 Å². The molecule has 0 heterocycles. The first-order valence-corrected chi connectivity index (χ1v) is 3.29. The molecule has 0 spiro atoms. The third kappa shape index (κ3) is 2.27. The van der Waals surface area contributed by atoms with E-state index in [1.165, 1.54) is 6.92 Å². The fourth-order valence-electron chi connectivity index (χ4n) is 0.577. The zero-order valence-corrected chi connectivity index (χ0v) is 6.20. The Labute approximate surface area is 60.0 Å². The molecule has 2 atom stereocenters. The monoisotopic (exact) mass is 144 g/mol. The van der Waals surface area contributed by atoms with Crippen LogP contribution in [0.2, 0.25) is 0 Å². The highest BCUT2D eigenvalue weighted by molar-refractivity contribution is 5.85. The minimum absolute atomic E-state index is 0.277. The minimum atomic E-state index is -1.11. The summed E-state index contributed by atoms with van der Waals surface area (Å²) in [6, 6.07) is 0. The highest BCUT2D eigenvalue weighted by Gasteiger charge is 2.19. The average molecular weight is 144 g/mol. The summed E-state index contributed by atoms with van der Waals surface area (Å²) >= 11 is 0. The van der Waals surface area contributed by atoms with E-state index in [0.29, 0.717) is 6.29 Å². The van der Waals surface area contributed by atoms with E-state index < -0.39 is 12.0 Å². The van der Waals surface area contributed by atoms with Crippen LogP contribution in [-0.4, -0.2) is 23.3 Å². The molecule has 2 unspecified atom stereocenters. The van der Waals surface area contributed by atoms with Crippen LogP contribution in [0.1, 0.15) is 20.3 Å². The lowest BCUT2D eigenvalue weighted by atomic mass is 10.0. The molecule has 0 aromatic carbocycles. The fraction of sp³-hybridized carbons (Fsp3) is 0.714. The predicted molar refractivity (Wildman–Crippen MR) is 36.5 cm³/mol. The molecule has 0 aliphatic heterocycles. The smallest absolute Gasteiger partial charge is 0.161 e. The number of aliphatic hydroxyl groups is 1. The van der Waals surface area contributed by atoms with Crippen molar-refractivity contribution in [2.24, 2.45) is 5.92 Å². The number of aliphatic hydroxyl groups excluding tert-OH is 1. The molecule has 10 heavy (non-hydrogen) atoms. The van der Waals surface area contributed by atoms with Crippen LogP contribution in [0.25, 0.3) is 0 Å². The van der Waals surface area contributed by atoms with E-state index in [4.69, 9.17) is 5.11 Å². The van der Waals surface area contributed by atoms with Gasteiger partial charge in [0.1, 0.15) is 12.4 Å². The van der Waals surface area contributed by atoms with Crippen molar-refractivity contribution in [3.63, 3.8) is 0 Å². The van der Waals surface area contributed by atoms with Crippen molar-refractivity contribution in [2.45, 2.75) is 26.4 Å². The fourth-order valence-corrected chi connectivity index (χ4v) is 0.577. The number of hydrogen-bond donors (Lipinski definition) is 1. The highest BCUT2D eigenvalue weighted by Crippen LogP contribution is 2.01. The van der Waals surface area contributed by atoms with Crippen molar-refractivity contribution < 1.29 is 14.7 Å². The molecule has 0 saturated heterocycles. The zero-order valence-electron chi connectivity index (χ0n) is 6.20. The Hall–Kier alpha value is -0.700. The van der Waals surface area contributed by atoms with Gasteiger partial charge in [-0.25, -0.2) is 0 Å². The molecule has 0 aromatic heterocycles. The topological polar surface area (TPSA) is 54.4 Å². The summed E-state index contributed by atoms with van der Waals surface area (Å²) in [7, 11) is 0. The molecule has 3 nitrogen and oxygen atoms in total. The van der Waals surface area contributed by atoms with Crippen molar-refractivity contribution >= 4 is 12.1 Å². The highest BCUT2D eigenvalue weighted by atomic mass is 16.3. The van der Waals surface area contributed by atoms with E-state index >= 15 is 0 Å². The molecule has 0 aliphatic carbocycles. The molecule has 0 amide bonds. The van der Waals surface area contributed by atoms with Crippen LogP contribution < -0.4 is 0 Å². The number of carbonyl (C=O) groups excluding carboxylic acids is 2. The molecular weight excluding hydrogens is 132 g/mol. The number of rotatable bonds is 4. The number of aldehydes is 1. The molecule has 0 rings (SSSR count). The number of ketones is 1. The molecule has 0 bridgehead atoms. The standard InChI is InChI=1S/C7H12O3/c1-3-6(9)7(10)5(2)4-8/h4-5,7,10H,3H2,1-2H3. The van der Waals surface area contributed by atoms with Gasteiger partial charge in [-0.15, -0.1) is 0 Å². The molecule has 0 aromatic rings. The second-order valence-corrected chi connectivity index (χ2v) is 2.26. The van der Waals surface area contributed by atoms with E-state index in [0.717, 1.165) is 0 Å². The molecule has 0 aliphatic rings. The summed E-state index contributed by atoms with van der Waals surface area (Å²) in [6.45, 7) is 3.17.